The van der Waals surface area contributed by atoms with E-state index in [-0.39, 0.29) is 0 Å². The molecule has 2 nitrogen and oxygen atoms in total. The van der Waals surface area contributed by atoms with Gasteiger partial charge in [0, 0.05) is 12.8 Å². The standard InChI is InChI=1S/C21H26NO/c1-22(2)16-14-21(15-17-22)23-20-12-10-19(11-13-20)9-8-18-6-4-3-5-7-18/h3-13,21H,14-17H2,1-2H3/q+1/b9-8+. The average Bonchev–Trinajstić information content (AvgIpc) is 2.57. The minimum absolute atomic E-state index is 0.367. The lowest BCUT2D eigenvalue weighted by Crippen LogP contribution is -2.48. The third kappa shape index (κ3) is 4.70. The molecule has 120 valence electrons. The molecular formula is C21H26NO+. The molecule has 0 unspecified atom stereocenters. The van der Waals surface area contributed by atoms with E-state index in [2.05, 4.69) is 74.8 Å². The van der Waals surface area contributed by atoms with Gasteiger partial charge in [-0.05, 0) is 23.3 Å². The Balaban J connectivity index is 1.56. The van der Waals surface area contributed by atoms with Gasteiger partial charge in [-0.15, -0.1) is 0 Å². The van der Waals surface area contributed by atoms with E-state index in [1.54, 1.807) is 0 Å². The van der Waals surface area contributed by atoms with Gasteiger partial charge in [0.25, 0.3) is 0 Å². The fourth-order valence-corrected chi connectivity index (χ4v) is 2.97. The van der Waals surface area contributed by atoms with Crippen molar-refractivity contribution >= 4 is 12.2 Å². The van der Waals surface area contributed by atoms with Crippen LogP contribution < -0.4 is 4.74 Å². The second-order valence-electron chi connectivity index (χ2n) is 7.01. The van der Waals surface area contributed by atoms with Crippen molar-refractivity contribution in [2.75, 3.05) is 27.2 Å². The van der Waals surface area contributed by atoms with Gasteiger partial charge in [0.15, 0.2) is 0 Å². The highest BCUT2D eigenvalue weighted by atomic mass is 16.5. The van der Waals surface area contributed by atoms with Crippen LogP contribution in [0.1, 0.15) is 24.0 Å². The summed E-state index contributed by atoms with van der Waals surface area (Å²) in [5.74, 6) is 0.985. The highest BCUT2D eigenvalue weighted by Crippen LogP contribution is 2.22. The van der Waals surface area contributed by atoms with Gasteiger partial charge in [0.1, 0.15) is 11.9 Å². The van der Waals surface area contributed by atoms with Crippen LogP contribution in [-0.4, -0.2) is 37.8 Å². The average molecular weight is 308 g/mol. The molecule has 23 heavy (non-hydrogen) atoms. The van der Waals surface area contributed by atoms with Crippen LogP contribution in [-0.2, 0) is 0 Å². The molecule has 0 atom stereocenters. The maximum Gasteiger partial charge on any atom is 0.119 e. The molecular weight excluding hydrogens is 282 g/mol. The zero-order chi connectivity index (χ0) is 16.1. The van der Waals surface area contributed by atoms with Crippen molar-refractivity contribution in [2.24, 2.45) is 0 Å². The summed E-state index contributed by atoms with van der Waals surface area (Å²) < 4.78 is 7.25. The predicted molar refractivity (Wildman–Crippen MR) is 97.3 cm³/mol. The van der Waals surface area contributed by atoms with Crippen LogP contribution in [0.4, 0.5) is 0 Å². The van der Waals surface area contributed by atoms with Gasteiger partial charge in [-0.3, -0.25) is 0 Å². The van der Waals surface area contributed by atoms with Crippen molar-refractivity contribution in [3.8, 4) is 5.75 Å². The summed E-state index contributed by atoms with van der Waals surface area (Å²) in [6.45, 7) is 2.39. The van der Waals surface area contributed by atoms with Gasteiger partial charge < -0.3 is 9.22 Å². The van der Waals surface area contributed by atoms with E-state index in [0.717, 1.165) is 23.1 Å². The zero-order valence-electron chi connectivity index (χ0n) is 14.1. The van der Waals surface area contributed by atoms with Crippen LogP contribution in [0.2, 0.25) is 0 Å². The largest absolute Gasteiger partial charge is 0.490 e. The second kappa shape index (κ2) is 7.01. The molecule has 2 aromatic carbocycles. The summed E-state index contributed by atoms with van der Waals surface area (Å²) in [6, 6.07) is 18.8. The molecule has 0 aromatic heterocycles. The first-order valence-corrected chi connectivity index (χ1v) is 8.43. The molecule has 1 aliphatic heterocycles. The Morgan fingerprint density at radius 3 is 2.00 bits per heavy atom. The zero-order valence-corrected chi connectivity index (χ0v) is 14.1. The molecule has 1 saturated heterocycles. The highest BCUT2D eigenvalue weighted by Gasteiger charge is 2.27. The molecule has 1 aliphatic rings. The first-order chi connectivity index (χ1) is 11.1. The van der Waals surface area contributed by atoms with Crippen LogP contribution in [0.15, 0.2) is 54.6 Å². The Morgan fingerprint density at radius 1 is 0.826 bits per heavy atom. The van der Waals surface area contributed by atoms with E-state index in [0.29, 0.717) is 6.10 Å². The van der Waals surface area contributed by atoms with Crippen LogP contribution >= 0.6 is 0 Å². The third-order valence-corrected chi connectivity index (χ3v) is 4.56. The van der Waals surface area contributed by atoms with Gasteiger partial charge in [0.2, 0.25) is 0 Å². The smallest absolute Gasteiger partial charge is 0.119 e. The number of benzene rings is 2. The number of hydrogen-bond acceptors (Lipinski definition) is 1. The van der Waals surface area contributed by atoms with Crippen LogP contribution in [0.25, 0.3) is 12.2 Å². The maximum absolute atomic E-state index is 6.13. The van der Waals surface area contributed by atoms with Gasteiger partial charge in [-0.25, -0.2) is 0 Å². The number of hydrogen-bond donors (Lipinski definition) is 0. The minimum atomic E-state index is 0.367. The van der Waals surface area contributed by atoms with Crippen LogP contribution in [0, 0.1) is 0 Å². The first-order valence-electron chi connectivity index (χ1n) is 8.43. The van der Waals surface area contributed by atoms with E-state index in [1.165, 1.54) is 24.2 Å². The number of ether oxygens (including phenoxy) is 1. The van der Waals surface area contributed by atoms with Crippen LogP contribution in [0.5, 0.6) is 5.75 Å². The molecule has 0 amide bonds. The molecule has 1 fully saturated rings. The third-order valence-electron chi connectivity index (χ3n) is 4.56. The van der Waals surface area contributed by atoms with Crippen molar-refractivity contribution in [1.82, 2.24) is 0 Å². The SMILES string of the molecule is C[N+]1(C)CCC(Oc2ccc(/C=C/c3ccccc3)cc2)CC1. The number of nitrogens with zero attached hydrogens (tertiary/aromatic N) is 1. The quantitative estimate of drug-likeness (QED) is 0.598. The van der Waals surface area contributed by atoms with Crippen molar-refractivity contribution in [3.63, 3.8) is 0 Å². The topological polar surface area (TPSA) is 9.23 Å². The number of piperidine rings is 1. The molecule has 2 heteroatoms. The van der Waals surface area contributed by atoms with Gasteiger partial charge in [0.05, 0.1) is 27.2 Å². The summed E-state index contributed by atoms with van der Waals surface area (Å²) in [7, 11) is 4.59. The minimum Gasteiger partial charge on any atom is -0.490 e. The fourth-order valence-electron chi connectivity index (χ4n) is 2.97. The van der Waals surface area contributed by atoms with Gasteiger partial charge >= 0.3 is 0 Å². The van der Waals surface area contributed by atoms with E-state index in [4.69, 9.17) is 4.74 Å². The monoisotopic (exact) mass is 308 g/mol. The predicted octanol–water partition coefficient (Wildman–Crippen LogP) is 4.47. The molecule has 0 aliphatic carbocycles. The first kappa shape index (κ1) is 15.8. The number of rotatable bonds is 4. The summed E-state index contributed by atoms with van der Waals surface area (Å²) in [5.41, 5.74) is 2.42. The molecule has 0 bridgehead atoms. The Hall–Kier alpha value is -2.06. The van der Waals surface area contributed by atoms with Gasteiger partial charge in [-0.2, -0.15) is 0 Å². The van der Waals surface area contributed by atoms with E-state index in [9.17, 15) is 0 Å². The van der Waals surface area contributed by atoms with Crippen molar-refractivity contribution in [3.05, 3.63) is 65.7 Å². The summed E-state index contributed by atoms with van der Waals surface area (Å²) in [5, 5.41) is 0. The van der Waals surface area contributed by atoms with Crippen molar-refractivity contribution in [1.29, 1.82) is 0 Å². The highest BCUT2D eigenvalue weighted by molar-refractivity contribution is 5.69. The second-order valence-corrected chi connectivity index (χ2v) is 7.01. The van der Waals surface area contributed by atoms with E-state index < -0.39 is 0 Å². The Bertz CT molecular complexity index is 633. The lowest BCUT2D eigenvalue weighted by molar-refractivity contribution is -0.895. The molecule has 0 spiro atoms. The Labute approximate surface area is 139 Å². The molecule has 0 radical (unpaired) electrons. The maximum atomic E-state index is 6.13. The van der Waals surface area contributed by atoms with E-state index in [1.807, 2.05) is 6.07 Å². The lowest BCUT2D eigenvalue weighted by Gasteiger charge is -2.37. The normalized spacial score (nSPS) is 18.2. The summed E-state index contributed by atoms with van der Waals surface area (Å²) in [6.07, 6.45) is 6.93. The number of likely N-dealkylation sites (tertiary alicyclic amines) is 1. The Morgan fingerprint density at radius 2 is 1.39 bits per heavy atom. The number of quaternary nitrogens is 1. The summed E-state index contributed by atoms with van der Waals surface area (Å²) >= 11 is 0. The van der Waals surface area contributed by atoms with E-state index >= 15 is 0 Å². The Kier molecular flexibility index (Phi) is 4.82. The molecule has 3 rings (SSSR count). The fraction of sp³-hybridized carbons (Fsp3) is 0.333. The molecule has 1 heterocycles. The van der Waals surface area contributed by atoms with Gasteiger partial charge in [-0.1, -0.05) is 54.6 Å². The van der Waals surface area contributed by atoms with Crippen molar-refractivity contribution in [2.45, 2.75) is 18.9 Å². The van der Waals surface area contributed by atoms with Crippen molar-refractivity contribution < 1.29 is 9.22 Å². The molecule has 2 aromatic rings. The molecule has 0 saturated carbocycles. The molecule has 0 N–H and O–H groups in total. The lowest BCUT2D eigenvalue weighted by atomic mass is 10.1. The van der Waals surface area contributed by atoms with Crippen LogP contribution in [0.3, 0.4) is 0 Å². The summed E-state index contributed by atoms with van der Waals surface area (Å²) in [4.78, 5) is 0.